The van der Waals surface area contributed by atoms with Crippen LogP contribution in [0, 0.1) is 0 Å². The summed E-state index contributed by atoms with van der Waals surface area (Å²) in [5.41, 5.74) is -0.856. The number of imidazole rings is 1. The predicted molar refractivity (Wildman–Crippen MR) is 94.8 cm³/mol. The minimum absolute atomic E-state index is 0.0355. The second-order valence-electron chi connectivity index (χ2n) is 6.37. The van der Waals surface area contributed by atoms with Crippen LogP contribution in [0.1, 0.15) is 11.8 Å². The molecule has 3 aromatic rings. The van der Waals surface area contributed by atoms with Crippen molar-refractivity contribution in [3.8, 4) is 6.01 Å². The quantitative estimate of drug-likeness (QED) is 0.355. The van der Waals surface area contributed by atoms with E-state index in [0.717, 1.165) is 5.56 Å². The van der Waals surface area contributed by atoms with Gasteiger partial charge in [0.25, 0.3) is 5.56 Å². The Bertz CT molecular complexity index is 1090. The molecular weight excluding hydrogens is 372 g/mol. The van der Waals surface area contributed by atoms with Gasteiger partial charge in [0.2, 0.25) is 0 Å². The van der Waals surface area contributed by atoms with Crippen LogP contribution in [0.15, 0.2) is 39.9 Å². The Labute approximate surface area is 156 Å². The van der Waals surface area contributed by atoms with Gasteiger partial charge in [-0.2, -0.15) is 4.98 Å². The van der Waals surface area contributed by atoms with Gasteiger partial charge in [-0.15, -0.1) is 0 Å². The second-order valence-corrected chi connectivity index (χ2v) is 6.37. The van der Waals surface area contributed by atoms with Crippen molar-refractivity contribution in [1.82, 2.24) is 19.5 Å². The van der Waals surface area contributed by atoms with Crippen LogP contribution in [0.25, 0.3) is 11.2 Å². The molecule has 1 saturated heterocycles. The summed E-state index contributed by atoms with van der Waals surface area (Å²) >= 11 is 0. The number of nitrogens with zero attached hydrogens (tertiary/aromatic N) is 2. The fourth-order valence-corrected chi connectivity index (χ4v) is 3.14. The number of nitrogens with one attached hydrogen (secondary N) is 2. The summed E-state index contributed by atoms with van der Waals surface area (Å²) in [4.78, 5) is 32.5. The Morgan fingerprint density at radius 3 is 2.57 bits per heavy atom. The van der Waals surface area contributed by atoms with Crippen LogP contribution in [0.3, 0.4) is 0 Å². The number of H-pyrrole nitrogens is 2. The minimum atomic E-state index is -1.45. The predicted octanol–water partition coefficient (Wildman–Crippen LogP) is -1.40. The van der Waals surface area contributed by atoms with Gasteiger partial charge in [0, 0.05) is 0 Å². The Balaban J connectivity index is 1.80. The third kappa shape index (κ3) is 3.10. The van der Waals surface area contributed by atoms with Crippen molar-refractivity contribution in [3.05, 3.63) is 56.7 Å². The van der Waals surface area contributed by atoms with Gasteiger partial charge in [-0.05, 0) is 5.56 Å². The molecule has 0 bridgehead atoms. The zero-order chi connectivity index (χ0) is 19.8. The van der Waals surface area contributed by atoms with Crippen molar-refractivity contribution >= 4 is 11.2 Å². The lowest BCUT2D eigenvalue weighted by Crippen LogP contribution is -2.33. The zero-order valence-corrected chi connectivity index (χ0v) is 14.5. The molecule has 4 atom stereocenters. The molecule has 148 valence electrons. The van der Waals surface area contributed by atoms with Crippen LogP contribution >= 0.6 is 0 Å². The fourth-order valence-electron chi connectivity index (χ4n) is 3.14. The van der Waals surface area contributed by atoms with Crippen LogP contribution in [-0.4, -0.2) is 59.8 Å². The molecule has 0 spiro atoms. The van der Waals surface area contributed by atoms with Crippen molar-refractivity contribution in [2.24, 2.45) is 0 Å². The smallest absolute Gasteiger partial charge is 0.327 e. The van der Waals surface area contributed by atoms with Crippen molar-refractivity contribution in [2.75, 3.05) is 6.61 Å². The summed E-state index contributed by atoms with van der Waals surface area (Å²) in [5, 5.41) is 29.8. The maximum atomic E-state index is 12.1. The molecule has 3 heterocycles. The molecule has 11 nitrogen and oxygen atoms in total. The first-order valence-corrected chi connectivity index (χ1v) is 8.53. The van der Waals surface area contributed by atoms with Crippen molar-refractivity contribution in [2.45, 2.75) is 31.1 Å². The number of aliphatic hydroxyl groups excluding tert-OH is 3. The largest absolute Gasteiger partial charge is 0.460 e. The molecule has 0 amide bonds. The molecule has 1 aromatic carbocycles. The van der Waals surface area contributed by atoms with Crippen LogP contribution in [-0.2, 0) is 11.3 Å². The molecule has 11 heteroatoms. The molecule has 0 radical (unpaired) electrons. The van der Waals surface area contributed by atoms with Crippen LogP contribution in [0.2, 0.25) is 0 Å². The van der Waals surface area contributed by atoms with Gasteiger partial charge in [0.05, 0.1) is 6.61 Å². The number of aromatic nitrogens is 4. The number of fused-ring (bicyclic) bond motifs is 1. The Morgan fingerprint density at radius 1 is 1.14 bits per heavy atom. The lowest BCUT2D eigenvalue weighted by Gasteiger charge is -2.19. The minimum Gasteiger partial charge on any atom is -0.460 e. The van der Waals surface area contributed by atoms with E-state index in [0.29, 0.717) is 0 Å². The molecular formula is C17H18N4O7. The molecule has 5 N–H and O–H groups in total. The number of hydrogen-bond acceptors (Lipinski definition) is 8. The van der Waals surface area contributed by atoms with E-state index in [1.165, 1.54) is 4.57 Å². The van der Waals surface area contributed by atoms with E-state index < -0.39 is 42.4 Å². The molecule has 1 aliphatic heterocycles. The lowest BCUT2D eigenvalue weighted by atomic mass is 10.1. The van der Waals surface area contributed by atoms with Gasteiger partial charge >= 0.3 is 11.7 Å². The summed E-state index contributed by atoms with van der Waals surface area (Å²) in [5.74, 6) is 0. The maximum absolute atomic E-state index is 12.1. The third-order valence-corrected chi connectivity index (χ3v) is 4.54. The topological polar surface area (TPSA) is 163 Å². The van der Waals surface area contributed by atoms with Crippen molar-refractivity contribution in [1.29, 1.82) is 0 Å². The van der Waals surface area contributed by atoms with Gasteiger partial charge in [-0.3, -0.25) is 14.8 Å². The van der Waals surface area contributed by atoms with E-state index in [1.807, 2.05) is 30.3 Å². The number of rotatable bonds is 5. The first-order chi connectivity index (χ1) is 13.5. The number of aliphatic hydroxyl groups is 3. The standard InChI is InChI=1S/C17H18N4O7/c22-6-9-11(23)12(24)15(28-9)21-13-10(14(25)20-16(26)19-13)18-17(21)27-7-8-4-2-1-3-5-8/h1-5,9,11-12,15,22-24H,6-7H2,(H2,19,20,25,26)/t9-,11+,12-,15-/m0/s1. The molecule has 0 aliphatic carbocycles. The Morgan fingerprint density at radius 2 is 1.89 bits per heavy atom. The van der Waals surface area contributed by atoms with Crippen LogP contribution in [0.4, 0.5) is 0 Å². The molecule has 1 fully saturated rings. The molecule has 0 unspecified atom stereocenters. The number of ether oxygens (including phenoxy) is 2. The highest BCUT2D eigenvalue weighted by atomic mass is 16.6. The molecule has 2 aromatic heterocycles. The van der Waals surface area contributed by atoms with E-state index in [4.69, 9.17) is 9.47 Å². The normalized spacial score (nSPS) is 24.7. The summed E-state index contributed by atoms with van der Waals surface area (Å²) in [6.07, 6.45) is -5.10. The lowest BCUT2D eigenvalue weighted by molar-refractivity contribution is -0.0545. The molecule has 28 heavy (non-hydrogen) atoms. The maximum Gasteiger partial charge on any atom is 0.327 e. The van der Waals surface area contributed by atoms with E-state index >= 15 is 0 Å². The average molecular weight is 390 g/mol. The van der Waals surface area contributed by atoms with Crippen LogP contribution in [0.5, 0.6) is 6.01 Å². The highest BCUT2D eigenvalue weighted by Gasteiger charge is 2.45. The highest BCUT2D eigenvalue weighted by Crippen LogP contribution is 2.34. The summed E-state index contributed by atoms with van der Waals surface area (Å²) < 4.78 is 12.4. The van der Waals surface area contributed by atoms with Crippen molar-refractivity contribution < 1.29 is 24.8 Å². The summed E-state index contributed by atoms with van der Waals surface area (Å²) in [6.45, 7) is -0.431. The SMILES string of the molecule is O=c1[nH]c(=O)c2nc(OCc3ccccc3)n([C@H]3O[C@@H](CO)[C@@H](O)[C@@H]3O)c2[nH]1. The molecule has 1 aliphatic rings. The van der Waals surface area contributed by atoms with Gasteiger partial charge in [0.1, 0.15) is 24.9 Å². The van der Waals surface area contributed by atoms with Gasteiger partial charge in [0.15, 0.2) is 17.4 Å². The third-order valence-electron chi connectivity index (χ3n) is 4.54. The second kappa shape index (κ2) is 7.20. The van der Waals surface area contributed by atoms with E-state index in [-0.39, 0.29) is 23.8 Å². The van der Waals surface area contributed by atoms with Gasteiger partial charge in [-0.1, -0.05) is 30.3 Å². The van der Waals surface area contributed by atoms with E-state index in [9.17, 15) is 24.9 Å². The first-order valence-electron chi connectivity index (χ1n) is 8.53. The number of aromatic amines is 2. The summed E-state index contributed by atoms with van der Waals surface area (Å²) in [7, 11) is 0. The Hall–Kier alpha value is -2.99. The highest BCUT2D eigenvalue weighted by molar-refractivity contribution is 5.71. The van der Waals surface area contributed by atoms with E-state index in [2.05, 4.69) is 15.0 Å². The van der Waals surface area contributed by atoms with Gasteiger partial charge in [-0.25, -0.2) is 9.36 Å². The van der Waals surface area contributed by atoms with Crippen molar-refractivity contribution in [3.63, 3.8) is 0 Å². The zero-order valence-electron chi connectivity index (χ0n) is 14.5. The Kier molecular flexibility index (Phi) is 4.73. The fraction of sp³-hybridized carbons (Fsp3) is 0.353. The monoisotopic (exact) mass is 390 g/mol. The molecule has 4 rings (SSSR count). The first kappa shape index (κ1) is 18.4. The number of benzene rings is 1. The molecule has 0 saturated carbocycles. The van der Waals surface area contributed by atoms with E-state index in [1.54, 1.807) is 0 Å². The van der Waals surface area contributed by atoms with Crippen LogP contribution < -0.4 is 16.0 Å². The van der Waals surface area contributed by atoms with Gasteiger partial charge < -0.3 is 24.8 Å². The number of hydrogen-bond donors (Lipinski definition) is 5. The average Bonchev–Trinajstić information content (AvgIpc) is 3.18. The summed E-state index contributed by atoms with van der Waals surface area (Å²) in [6, 6.07) is 9.07.